The van der Waals surface area contributed by atoms with Crippen molar-refractivity contribution in [1.29, 1.82) is 0 Å². The molecule has 0 aliphatic heterocycles. The van der Waals surface area contributed by atoms with Gasteiger partial charge in [0.15, 0.2) is 23.1 Å². The van der Waals surface area contributed by atoms with Gasteiger partial charge in [-0.25, -0.2) is 28.7 Å². The van der Waals surface area contributed by atoms with Gasteiger partial charge in [-0.3, -0.25) is 0 Å². The lowest BCUT2D eigenvalue weighted by Crippen LogP contribution is -2.10. The van der Waals surface area contributed by atoms with Crippen LogP contribution in [-0.4, -0.2) is 31.1 Å². The molecule has 0 bridgehead atoms. The summed E-state index contributed by atoms with van der Waals surface area (Å²) in [7, 11) is 0. The second kappa shape index (κ2) is 7.20. The van der Waals surface area contributed by atoms with Gasteiger partial charge in [0.2, 0.25) is 0 Å². The molecular weight excluding hydrogens is 311 g/mol. The predicted molar refractivity (Wildman–Crippen MR) is 89.4 cm³/mol. The van der Waals surface area contributed by atoms with E-state index in [1.54, 1.807) is 18.3 Å². The van der Waals surface area contributed by atoms with Gasteiger partial charge in [0.05, 0.1) is 6.20 Å². The van der Waals surface area contributed by atoms with Crippen LogP contribution in [0.4, 0.5) is 10.2 Å². The molecule has 0 saturated carbocycles. The van der Waals surface area contributed by atoms with Gasteiger partial charge in [0, 0.05) is 18.3 Å². The Morgan fingerprint density at radius 1 is 1.29 bits per heavy atom. The van der Waals surface area contributed by atoms with Crippen LogP contribution in [0.5, 0.6) is 0 Å². The van der Waals surface area contributed by atoms with Crippen molar-refractivity contribution in [1.82, 2.24) is 24.6 Å². The average Bonchev–Trinajstić information content (AvgIpc) is 2.97. The van der Waals surface area contributed by atoms with Gasteiger partial charge < -0.3 is 5.32 Å². The maximum atomic E-state index is 13.9. The van der Waals surface area contributed by atoms with E-state index in [2.05, 4.69) is 32.4 Å². The zero-order chi connectivity index (χ0) is 16.9. The molecule has 8 heteroatoms. The third-order valence-electron chi connectivity index (χ3n) is 3.74. The van der Waals surface area contributed by atoms with E-state index >= 15 is 0 Å². The van der Waals surface area contributed by atoms with Crippen LogP contribution in [0.3, 0.4) is 0 Å². The topological polar surface area (TPSA) is 88.0 Å². The fourth-order valence-electron chi connectivity index (χ4n) is 2.43. The van der Waals surface area contributed by atoms with Crippen molar-refractivity contribution in [3.8, 4) is 11.4 Å². The fraction of sp³-hybridized carbons (Fsp3) is 0.375. The number of H-pyrrole nitrogens is 1. The van der Waals surface area contributed by atoms with Crippen molar-refractivity contribution in [3.63, 3.8) is 0 Å². The molecule has 0 aromatic carbocycles. The molecule has 0 saturated heterocycles. The summed E-state index contributed by atoms with van der Waals surface area (Å²) < 4.78 is 15.2. The molecule has 7 nitrogen and oxygen atoms in total. The van der Waals surface area contributed by atoms with Gasteiger partial charge in [-0.2, -0.15) is 5.10 Å². The van der Waals surface area contributed by atoms with Gasteiger partial charge >= 0.3 is 5.69 Å². The second-order valence-electron chi connectivity index (χ2n) is 5.55. The first-order valence-electron chi connectivity index (χ1n) is 8.02. The summed E-state index contributed by atoms with van der Waals surface area (Å²) in [5.41, 5.74) is 0.767. The molecule has 0 radical (unpaired) electrons. The minimum Gasteiger partial charge on any atom is -0.368 e. The van der Waals surface area contributed by atoms with Crippen LogP contribution in [0.2, 0.25) is 0 Å². The quantitative estimate of drug-likeness (QED) is 0.650. The molecule has 3 aromatic heterocycles. The van der Waals surface area contributed by atoms with Crippen molar-refractivity contribution in [2.24, 2.45) is 0 Å². The number of aromatic amines is 1. The zero-order valence-corrected chi connectivity index (χ0v) is 13.4. The van der Waals surface area contributed by atoms with Crippen LogP contribution in [-0.2, 0) is 0 Å². The Labute approximate surface area is 138 Å². The number of hydrogen-bond donors (Lipinski definition) is 2. The predicted octanol–water partition coefficient (Wildman–Crippen LogP) is 2.61. The number of nitrogens with one attached hydrogen (secondary N) is 2. The highest BCUT2D eigenvalue weighted by atomic mass is 19.1. The molecule has 0 atom stereocenters. The van der Waals surface area contributed by atoms with E-state index in [1.807, 2.05) is 0 Å². The summed E-state index contributed by atoms with van der Waals surface area (Å²) in [5, 5.41) is 9.24. The lowest BCUT2D eigenvalue weighted by Gasteiger charge is -2.08. The van der Waals surface area contributed by atoms with Crippen molar-refractivity contribution in [2.45, 2.75) is 32.6 Å². The molecule has 0 aliphatic carbocycles. The maximum Gasteiger partial charge on any atom is 0.347 e. The number of halogens is 1. The summed E-state index contributed by atoms with van der Waals surface area (Å²) in [6.45, 7) is 2.81. The second-order valence-corrected chi connectivity index (χ2v) is 5.55. The number of nitrogens with zero attached hydrogens (tertiary/aromatic N) is 4. The van der Waals surface area contributed by atoms with Crippen molar-refractivity contribution >= 4 is 11.5 Å². The summed E-state index contributed by atoms with van der Waals surface area (Å²) in [6, 6.07) is 3.42. The zero-order valence-electron chi connectivity index (χ0n) is 13.4. The minimum atomic E-state index is -0.490. The molecule has 0 unspecified atom stereocenters. The highest BCUT2D eigenvalue weighted by molar-refractivity contribution is 5.58. The molecular formula is C16H19FN6O. The van der Waals surface area contributed by atoms with Gasteiger partial charge in [-0.1, -0.05) is 26.2 Å². The Balaban J connectivity index is 1.81. The summed E-state index contributed by atoms with van der Waals surface area (Å²) in [6.07, 6.45) is 7.10. The highest BCUT2D eigenvalue weighted by Gasteiger charge is 2.10. The van der Waals surface area contributed by atoms with Crippen LogP contribution in [0.25, 0.3) is 17.0 Å². The third-order valence-corrected chi connectivity index (χ3v) is 3.74. The van der Waals surface area contributed by atoms with Crippen LogP contribution in [0.15, 0.2) is 29.3 Å². The van der Waals surface area contributed by atoms with E-state index in [1.165, 1.54) is 10.8 Å². The smallest absolute Gasteiger partial charge is 0.347 e. The molecule has 0 fully saturated rings. The molecule has 3 rings (SSSR count). The van der Waals surface area contributed by atoms with E-state index in [4.69, 9.17) is 0 Å². The van der Waals surface area contributed by atoms with Crippen LogP contribution in [0, 0.1) is 5.82 Å². The minimum absolute atomic E-state index is 0.177. The average molecular weight is 330 g/mol. The van der Waals surface area contributed by atoms with Crippen LogP contribution in [0.1, 0.15) is 32.6 Å². The number of hydrogen-bond acceptors (Lipinski definition) is 5. The number of aromatic nitrogens is 5. The van der Waals surface area contributed by atoms with E-state index in [0.29, 0.717) is 23.6 Å². The fourth-order valence-corrected chi connectivity index (χ4v) is 2.43. The van der Waals surface area contributed by atoms with Crippen molar-refractivity contribution < 1.29 is 4.39 Å². The molecule has 0 amide bonds. The third kappa shape index (κ3) is 3.42. The molecule has 24 heavy (non-hydrogen) atoms. The Bertz CT molecular complexity index is 888. The number of unbranched alkanes of at least 4 members (excludes halogenated alkanes) is 3. The summed E-state index contributed by atoms with van der Waals surface area (Å²) >= 11 is 0. The monoisotopic (exact) mass is 330 g/mol. The number of pyridine rings is 1. The van der Waals surface area contributed by atoms with Gasteiger partial charge in [0.1, 0.15) is 0 Å². The lowest BCUT2D eigenvalue weighted by molar-refractivity contribution is 0.614. The first kappa shape index (κ1) is 16.1. The Morgan fingerprint density at radius 2 is 2.17 bits per heavy atom. The van der Waals surface area contributed by atoms with Crippen LogP contribution >= 0.6 is 0 Å². The van der Waals surface area contributed by atoms with Gasteiger partial charge in [-0.05, 0) is 18.6 Å². The first-order chi connectivity index (χ1) is 11.7. The lowest BCUT2D eigenvalue weighted by atomic mass is 10.2. The molecule has 2 N–H and O–H groups in total. The largest absolute Gasteiger partial charge is 0.368 e. The van der Waals surface area contributed by atoms with E-state index in [0.717, 1.165) is 25.5 Å². The molecule has 0 aliphatic rings. The van der Waals surface area contributed by atoms with Gasteiger partial charge in [-0.15, -0.1) is 0 Å². The Hall–Kier alpha value is -2.77. The van der Waals surface area contributed by atoms with Crippen molar-refractivity contribution in [3.05, 3.63) is 40.8 Å². The molecule has 126 valence electrons. The summed E-state index contributed by atoms with van der Waals surface area (Å²) in [5.74, 6) is 0.0365. The Kier molecular flexibility index (Phi) is 4.83. The first-order valence-corrected chi connectivity index (χ1v) is 8.02. The summed E-state index contributed by atoms with van der Waals surface area (Å²) in [4.78, 5) is 19.9. The maximum absolute atomic E-state index is 13.9. The standard InChI is InChI=1S/C16H19FN6O/c1-2-3-4-5-8-18-15-12(17)9-19-14(20-15)11-6-7-13-21-22-16(24)23(13)10-11/h6-7,9-10H,2-5,8H2,1H3,(H,22,24)(H,18,19,20). The molecule has 3 heterocycles. The van der Waals surface area contributed by atoms with Gasteiger partial charge in [0.25, 0.3) is 0 Å². The number of rotatable bonds is 7. The normalized spacial score (nSPS) is 11.1. The van der Waals surface area contributed by atoms with Crippen molar-refractivity contribution in [2.75, 3.05) is 11.9 Å². The van der Waals surface area contributed by atoms with Crippen LogP contribution < -0.4 is 11.0 Å². The van der Waals surface area contributed by atoms with E-state index in [-0.39, 0.29) is 11.5 Å². The number of fused-ring (bicyclic) bond motifs is 1. The van der Waals surface area contributed by atoms with E-state index < -0.39 is 5.82 Å². The molecule has 3 aromatic rings. The molecule has 0 spiro atoms. The highest BCUT2D eigenvalue weighted by Crippen LogP contribution is 2.18. The SMILES string of the molecule is CCCCCCNc1nc(-c2ccc3n[nH]c(=O)n3c2)ncc1F. The van der Waals surface area contributed by atoms with E-state index in [9.17, 15) is 9.18 Å². The Morgan fingerprint density at radius 3 is 3.00 bits per heavy atom. The number of anilines is 1.